The molecule has 0 radical (unpaired) electrons. The highest BCUT2D eigenvalue weighted by molar-refractivity contribution is 7.52. The van der Waals surface area contributed by atoms with Gasteiger partial charge in [0.1, 0.15) is 24.0 Å². The van der Waals surface area contributed by atoms with E-state index in [2.05, 4.69) is 10.1 Å². The molecule has 2 heterocycles. The van der Waals surface area contributed by atoms with Crippen LogP contribution in [0.15, 0.2) is 41.3 Å². The molecule has 0 spiro atoms. The quantitative estimate of drug-likeness (QED) is 0.295. The van der Waals surface area contributed by atoms with E-state index in [1.54, 1.807) is 32.0 Å². The number of esters is 1. The van der Waals surface area contributed by atoms with Gasteiger partial charge in [0.25, 0.3) is 0 Å². The molecule has 1 aliphatic rings. The van der Waals surface area contributed by atoms with Crippen LogP contribution in [-0.2, 0) is 23.4 Å². The van der Waals surface area contributed by atoms with Crippen molar-refractivity contribution in [1.29, 1.82) is 0 Å². The molecule has 0 saturated carbocycles. The van der Waals surface area contributed by atoms with Crippen LogP contribution in [0.3, 0.4) is 0 Å². The van der Waals surface area contributed by atoms with E-state index in [9.17, 15) is 23.7 Å². The molecule has 3 rings (SSSR count). The Kier molecular flexibility index (Phi) is 8.70. The van der Waals surface area contributed by atoms with Crippen LogP contribution in [0.25, 0.3) is 0 Å². The van der Waals surface area contributed by atoms with Gasteiger partial charge in [-0.05, 0) is 39.8 Å². The summed E-state index contributed by atoms with van der Waals surface area (Å²) in [5.41, 5.74) is 1.54. The monoisotopic (exact) mass is 546 g/mol. The number of nitrogens with two attached hydrogens (primary N) is 1. The fraction of sp³-hybridized carbons (Fsp3) is 0.500. The molecule has 4 N–H and O–H groups in total. The van der Waals surface area contributed by atoms with E-state index < -0.39 is 73.9 Å². The topological polar surface area (TPSA) is 164 Å². The molecule has 1 saturated heterocycles. The summed E-state index contributed by atoms with van der Waals surface area (Å²) in [6.07, 6.45) is -5.04. The number of hydrogen-bond donors (Lipinski definition) is 3. The Morgan fingerprint density at radius 2 is 2.00 bits per heavy atom. The largest absolute Gasteiger partial charge is 0.462 e. The first kappa shape index (κ1) is 28.7. The third-order valence-electron chi connectivity index (χ3n) is 5.34. The van der Waals surface area contributed by atoms with Crippen molar-refractivity contribution in [3.63, 3.8) is 0 Å². The average Bonchev–Trinajstić information content (AvgIpc) is 3.03. The number of alkyl halides is 1. The number of hydrogen-bond acceptors (Lipinski definition) is 10. The second-order valence-electron chi connectivity index (χ2n) is 8.82. The van der Waals surface area contributed by atoms with Crippen molar-refractivity contribution in [3.05, 3.63) is 52.8 Å². The van der Waals surface area contributed by atoms with Gasteiger partial charge in [-0.25, -0.2) is 18.1 Å². The lowest BCUT2D eigenvalue weighted by Crippen LogP contribution is -2.43. The van der Waals surface area contributed by atoms with E-state index in [1.807, 2.05) is 0 Å². The maximum Gasteiger partial charge on any atom is 0.459 e. The van der Waals surface area contributed by atoms with Gasteiger partial charge >= 0.3 is 19.4 Å². The number of carbonyl (C=O) groups excluding carboxylic acids is 1. The average molecular weight is 546 g/mol. The molecule has 1 fully saturated rings. The van der Waals surface area contributed by atoms with Crippen LogP contribution in [-0.4, -0.2) is 57.3 Å². The molecule has 37 heavy (non-hydrogen) atoms. The Morgan fingerprint density at radius 1 is 1.35 bits per heavy atom. The number of anilines is 1. The van der Waals surface area contributed by atoms with E-state index in [4.69, 9.17) is 24.3 Å². The van der Waals surface area contributed by atoms with E-state index in [-0.39, 0.29) is 5.75 Å². The van der Waals surface area contributed by atoms with Crippen molar-refractivity contribution >= 4 is 19.5 Å². The number of nitrogens with one attached hydrogen (secondary N) is 1. The van der Waals surface area contributed by atoms with Gasteiger partial charge in [0, 0.05) is 0 Å². The van der Waals surface area contributed by atoms with Gasteiger partial charge in [-0.15, -0.1) is 0 Å². The van der Waals surface area contributed by atoms with Crippen LogP contribution in [0, 0.1) is 5.82 Å². The molecule has 1 unspecified atom stereocenters. The summed E-state index contributed by atoms with van der Waals surface area (Å²) in [5.74, 6) is -2.39. The van der Waals surface area contributed by atoms with Crippen molar-refractivity contribution in [2.75, 3.05) is 12.3 Å². The van der Waals surface area contributed by atoms with Gasteiger partial charge in [0.05, 0.1) is 18.9 Å². The molecular formula is C22H29F2N4O8P. The second kappa shape index (κ2) is 11.2. The van der Waals surface area contributed by atoms with E-state index in [0.29, 0.717) is 10.8 Å². The van der Waals surface area contributed by atoms with Crippen LogP contribution in [0.5, 0.6) is 5.75 Å². The molecule has 6 atom stereocenters. The van der Waals surface area contributed by atoms with Crippen molar-refractivity contribution in [1.82, 2.24) is 14.6 Å². The number of halogens is 2. The summed E-state index contributed by atoms with van der Waals surface area (Å²) in [6, 6.07) is 6.73. The number of ether oxygens (including phenoxy) is 2. The molecule has 2 aromatic rings. The van der Waals surface area contributed by atoms with Gasteiger partial charge < -0.3 is 24.8 Å². The lowest BCUT2D eigenvalue weighted by molar-refractivity contribution is -0.149. The smallest absolute Gasteiger partial charge is 0.459 e. The molecule has 204 valence electrons. The van der Waals surface area contributed by atoms with Gasteiger partial charge in [-0.3, -0.25) is 13.9 Å². The number of benzene rings is 1. The minimum atomic E-state index is -4.35. The Balaban J connectivity index is 1.81. The molecule has 0 amide bonds. The first-order valence-corrected chi connectivity index (χ1v) is 12.8. The van der Waals surface area contributed by atoms with Crippen molar-refractivity contribution in [3.8, 4) is 5.75 Å². The number of aromatic nitrogens is 2. The number of carbonyl (C=O) groups is 1. The Bertz CT molecular complexity index is 1210. The molecule has 1 aromatic carbocycles. The van der Waals surface area contributed by atoms with E-state index >= 15 is 4.39 Å². The summed E-state index contributed by atoms with van der Waals surface area (Å²) in [5, 5.41) is 13.0. The van der Waals surface area contributed by atoms with Crippen LogP contribution < -0.4 is 21.0 Å². The van der Waals surface area contributed by atoms with Gasteiger partial charge in [0.15, 0.2) is 23.5 Å². The highest BCUT2D eigenvalue weighted by Gasteiger charge is 2.56. The number of aliphatic hydroxyl groups is 1. The van der Waals surface area contributed by atoms with Crippen LogP contribution >= 0.6 is 7.75 Å². The van der Waals surface area contributed by atoms with Crippen molar-refractivity contribution < 1.29 is 41.8 Å². The SMILES string of the molecule is CC(C)OC(=O)[C@@H](C)N[P@](=O)(OC[C@H]1OC(n2cc(F)c(N)nc2=O)[C@](C)(F)[C@@H]1O)Oc1ccccc1. The number of nitrogens with zero attached hydrogens (tertiary/aromatic N) is 2. The van der Waals surface area contributed by atoms with Crippen LogP contribution in [0.2, 0.25) is 0 Å². The van der Waals surface area contributed by atoms with Crippen molar-refractivity contribution in [2.45, 2.75) is 63.9 Å². The Hall–Kier alpha value is -2.90. The van der Waals surface area contributed by atoms with Crippen LogP contribution in [0.4, 0.5) is 14.6 Å². The third kappa shape index (κ3) is 6.70. The van der Waals surface area contributed by atoms with Gasteiger partial charge in [-0.2, -0.15) is 10.1 Å². The Morgan fingerprint density at radius 3 is 2.62 bits per heavy atom. The van der Waals surface area contributed by atoms with E-state index in [0.717, 1.165) is 6.92 Å². The molecule has 1 aliphatic heterocycles. The summed E-state index contributed by atoms with van der Waals surface area (Å²) in [6.45, 7) is 4.88. The number of para-hydroxylation sites is 1. The summed E-state index contributed by atoms with van der Waals surface area (Å²) in [7, 11) is -4.35. The van der Waals surface area contributed by atoms with Crippen molar-refractivity contribution in [2.24, 2.45) is 0 Å². The Labute approximate surface area is 211 Å². The standard InChI is InChI=1S/C22H29F2N4O8P/c1-12(2)34-19(30)13(3)27-37(32,36-14-8-6-5-7-9-14)33-11-16-17(29)22(4,24)20(35-16)28-10-15(23)18(25)26-21(28)31/h5-10,12-13,16-17,20,29H,11H2,1-4H3,(H,27,32)(H2,25,26,31)/t13-,16-,17-,20?,22-,37+/m1/s1. The number of nitrogen functional groups attached to an aromatic ring is 1. The molecule has 1 aromatic heterocycles. The molecule has 0 bridgehead atoms. The molecule has 15 heteroatoms. The lowest BCUT2D eigenvalue weighted by atomic mass is 9.98. The predicted molar refractivity (Wildman–Crippen MR) is 127 cm³/mol. The van der Waals surface area contributed by atoms with Gasteiger partial charge in [-0.1, -0.05) is 18.2 Å². The zero-order valence-electron chi connectivity index (χ0n) is 20.5. The highest BCUT2D eigenvalue weighted by Crippen LogP contribution is 2.47. The fourth-order valence-corrected chi connectivity index (χ4v) is 4.98. The summed E-state index contributed by atoms with van der Waals surface area (Å²) < 4.78 is 65.0. The summed E-state index contributed by atoms with van der Waals surface area (Å²) in [4.78, 5) is 27.7. The number of aliphatic hydroxyl groups excluding tert-OH is 1. The highest BCUT2D eigenvalue weighted by atomic mass is 31.2. The third-order valence-corrected chi connectivity index (χ3v) is 6.98. The maximum atomic E-state index is 15.5. The first-order chi connectivity index (χ1) is 17.2. The zero-order chi connectivity index (χ0) is 27.5. The first-order valence-electron chi connectivity index (χ1n) is 11.3. The maximum absolute atomic E-state index is 15.5. The summed E-state index contributed by atoms with van der Waals surface area (Å²) >= 11 is 0. The fourth-order valence-electron chi connectivity index (χ4n) is 3.48. The number of rotatable bonds is 10. The predicted octanol–water partition coefficient (Wildman–Crippen LogP) is 2.08. The van der Waals surface area contributed by atoms with E-state index in [1.165, 1.54) is 19.1 Å². The van der Waals surface area contributed by atoms with Crippen LogP contribution in [0.1, 0.15) is 33.9 Å². The zero-order valence-corrected chi connectivity index (χ0v) is 21.4. The second-order valence-corrected chi connectivity index (χ2v) is 10.5. The molecular weight excluding hydrogens is 517 g/mol. The van der Waals surface area contributed by atoms with Gasteiger partial charge in [0.2, 0.25) is 0 Å². The minimum absolute atomic E-state index is 0.124. The normalized spacial score (nSPS) is 26.0. The molecule has 12 nitrogen and oxygen atoms in total. The molecule has 0 aliphatic carbocycles. The minimum Gasteiger partial charge on any atom is -0.462 e. The lowest BCUT2D eigenvalue weighted by Gasteiger charge is -2.25.